The van der Waals surface area contributed by atoms with Gasteiger partial charge in [0.2, 0.25) is 0 Å². The molecule has 0 heterocycles. The van der Waals surface area contributed by atoms with Crippen molar-refractivity contribution in [2.45, 2.75) is 0 Å². The molecule has 0 aliphatic rings. The number of anilines is 1. The van der Waals surface area contributed by atoms with E-state index >= 15 is 0 Å². The molecule has 0 aliphatic heterocycles. The first kappa shape index (κ1) is 11.9. The van der Waals surface area contributed by atoms with E-state index in [1.807, 2.05) is 0 Å². The van der Waals surface area contributed by atoms with Gasteiger partial charge in [-0.1, -0.05) is 0 Å². The molecule has 0 spiro atoms. The summed E-state index contributed by atoms with van der Waals surface area (Å²) in [6.07, 6.45) is 0. The van der Waals surface area contributed by atoms with Crippen LogP contribution in [0.25, 0.3) is 0 Å². The topological polar surface area (TPSA) is 90.4 Å². The molecule has 0 saturated heterocycles. The number of aliphatic hydroxyl groups excluding tert-OH is 1. The number of hydrogen-bond acceptors (Lipinski definition) is 5. The van der Waals surface area contributed by atoms with Gasteiger partial charge in [0.15, 0.2) is 0 Å². The predicted molar refractivity (Wildman–Crippen MR) is 58.2 cm³/mol. The number of nitrogens with zero attached hydrogens (tertiary/aromatic N) is 3. The lowest BCUT2D eigenvalue weighted by Crippen LogP contribution is -2.21. The average molecular weight is 221 g/mol. The van der Waals surface area contributed by atoms with Gasteiger partial charge in [-0.05, 0) is 12.1 Å². The van der Waals surface area contributed by atoms with Crippen molar-refractivity contribution >= 4 is 11.4 Å². The van der Waals surface area contributed by atoms with Gasteiger partial charge in [-0.2, -0.15) is 5.26 Å². The summed E-state index contributed by atoms with van der Waals surface area (Å²) >= 11 is 0. The summed E-state index contributed by atoms with van der Waals surface area (Å²) in [4.78, 5) is 11.7. The lowest BCUT2D eigenvalue weighted by Gasteiger charge is -2.17. The van der Waals surface area contributed by atoms with Crippen LogP contribution in [0.4, 0.5) is 11.4 Å². The fraction of sp³-hybridized carbons (Fsp3) is 0.300. The average Bonchev–Trinajstić information content (AvgIpc) is 2.28. The largest absolute Gasteiger partial charge is 0.395 e. The van der Waals surface area contributed by atoms with Crippen molar-refractivity contribution in [1.29, 1.82) is 5.26 Å². The molecule has 1 aromatic carbocycles. The molecule has 1 N–H and O–H groups in total. The third-order valence-corrected chi connectivity index (χ3v) is 2.17. The minimum absolute atomic E-state index is 0.0185. The smallest absolute Gasteiger partial charge is 0.287 e. The lowest BCUT2D eigenvalue weighted by atomic mass is 10.1. The molecule has 0 bridgehead atoms. The van der Waals surface area contributed by atoms with Crippen molar-refractivity contribution < 1.29 is 10.0 Å². The van der Waals surface area contributed by atoms with E-state index in [4.69, 9.17) is 10.4 Å². The summed E-state index contributed by atoms with van der Waals surface area (Å²) in [5, 5.41) is 28.1. The third-order valence-electron chi connectivity index (χ3n) is 2.17. The first-order valence-electron chi connectivity index (χ1n) is 4.60. The molecule has 0 amide bonds. The standard InChI is InChI=1S/C10H11N3O3/c1-12(4-5-14)9-2-3-10(13(15)16)8(6-9)7-11/h2-3,6,14H,4-5H2,1H3. The molecule has 1 aromatic rings. The van der Waals surface area contributed by atoms with Crippen LogP contribution < -0.4 is 4.90 Å². The predicted octanol–water partition coefficient (Wildman–Crippen LogP) is 0.895. The Morgan fingerprint density at radius 1 is 1.62 bits per heavy atom. The van der Waals surface area contributed by atoms with Gasteiger partial charge in [0.05, 0.1) is 11.5 Å². The molecule has 6 heteroatoms. The number of benzene rings is 1. The first-order chi connectivity index (χ1) is 7.60. The summed E-state index contributed by atoms with van der Waals surface area (Å²) in [5.74, 6) is 0. The SMILES string of the molecule is CN(CCO)c1ccc([N+](=O)[O-])c(C#N)c1. The second kappa shape index (κ2) is 5.09. The zero-order chi connectivity index (χ0) is 12.1. The highest BCUT2D eigenvalue weighted by Crippen LogP contribution is 2.23. The zero-order valence-corrected chi connectivity index (χ0v) is 8.75. The molecule has 0 aromatic heterocycles. The molecule has 16 heavy (non-hydrogen) atoms. The van der Waals surface area contributed by atoms with E-state index in [9.17, 15) is 10.1 Å². The van der Waals surface area contributed by atoms with Crippen LogP contribution in [0.5, 0.6) is 0 Å². The molecule has 0 aliphatic carbocycles. The molecule has 1 rings (SSSR count). The zero-order valence-electron chi connectivity index (χ0n) is 8.75. The van der Waals surface area contributed by atoms with Gasteiger partial charge in [-0.15, -0.1) is 0 Å². The quantitative estimate of drug-likeness (QED) is 0.602. The van der Waals surface area contributed by atoms with E-state index in [1.54, 1.807) is 24.1 Å². The van der Waals surface area contributed by atoms with Crippen LogP contribution in [0.3, 0.4) is 0 Å². The van der Waals surface area contributed by atoms with Gasteiger partial charge >= 0.3 is 0 Å². The maximum atomic E-state index is 10.6. The monoisotopic (exact) mass is 221 g/mol. The van der Waals surface area contributed by atoms with Crippen LogP contribution in [0.2, 0.25) is 0 Å². The van der Waals surface area contributed by atoms with Gasteiger partial charge < -0.3 is 10.0 Å². The van der Waals surface area contributed by atoms with Crippen LogP contribution in [0, 0.1) is 21.4 Å². The second-order valence-corrected chi connectivity index (χ2v) is 3.22. The summed E-state index contributed by atoms with van der Waals surface area (Å²) < 4.78 is 0. The van der Waals surface area contributed by atoms with E-state index < -0.39 is 4.92 Å². The second-order valence-electron chi connectivity index (χ2n) is 3.22. The Balaban J connectivity index is 3.10. The first-order valence-corrected chi connectivity index (χ1v) is 4.60. The molecule has 0 saturated carbocycles. The highest BCUT2D eigenvalue weighted by Gasteiger charge is 2.14. The Labute approximate surface area is 92.5 Å². The van der Waals surface area contributed by atoms with Gasteiger partial charge in [-0.3, -0.25) is 10.1 Å². The summed E-state index contributed by atoms with van der Waals surface area (Å²) in [7, 11) is 1.73. The Morgan fingerprint density at radius 3 is 2.81 bits per heavy atom. The van der Waals surface area contributed by atoms with E-state index in [0.717, 1.165) is 0 Å². The highest BCUT2D eigenvalue weighted by atomic mass is 16.6. The van der Waals surface area contributed by atoms with E-state index in [-0.39, 0.29) is 17.9 Å². The van der Waals surface area contributed by atoms with Gasteiger partial charge in [0.1, 0.15) is 11.6 Å². The molecular weight excluding hydrogens is 210 g/mol. The van der Waals surface area contributed by atoms with Crippen molar-refractivity contribution in [3.63, 3.8) is 0 Å². The van der Waals surface area contributed by atoms with Crippen LogP contribution in [0.1, 0.15) is 5.56 Å². The minimum atomic E-state index is -0.589. The molecule has 0 fully saturated rings. The van der Waals surface area contributed by atoms with Crippen molar-refractivity contribution in [3.05, 3.63) is 33.9 Å². The van der Waals surface area contributed by atoms with Crippen molar-refractivity contribution in [3.8, 4) is 6.07 Å². The molecule has 0 atom stereocenters. The summed E-state index contributed by atoms with van der Waals surface area (Å²) in [5.41, 5.74) is 0.479. The molecular formula is C10H11N3O3. The highest BCUT2D eigenvalue weighted by molar-refractivity contribution is 5.59. The maximum absolute atomic E-state index is 10.6. The number of aliphatic hydroxyl groups is 1. The minimum Gasteiger partial charge on any atom is -0.395 e. The van der Waals surface area contributed by atoms with E-state index in [2.05, 4.69) is 0 Å². The van der Waals surface area contributed by atoms with Crippen LogP contribution in [-0.2, 0) is 0 Å². The van der Waals surface area contributed by atoms with E-state index in [1.165, 1.54) is 12.1 Å². The van der Waals surface area contributed by atoms with Crippen molar-refractivity contribution in [2.75, 3.05) is 25.1 Å². The van der Waals surface area contributed by atoms with Gasteiger partial charge in [-0.25, -0.2) is 0 Å². The Morgan fingerprint density at radius 2 is 2.31 bits per heavy atom. The van der Waals surface area contributed by atoms with Crippen molar-refractivity contribution in [1.82, 2.24) is 0 Å². The van der Waals surface area contributed by atoms with Gasteiger partial charge in [0, 0.05) is 25.3 Å². The normalized spacial score (nSPS) is 9.56. The third kappa shape index (κ3) is 2.46. The summed E-state index contributed by atoms with van der Waals surface area (Å²) in [6.45, 7) is 0.387. The molecule has 0 radical (unpaired) electrons. The van der Waals surface area contributed by atoms with Crippen LogP contribution in [0.15, 0.2) is 18.2 Å². The Hall–Kier alpha value is -2.13. The number of hydrogen-bond donors (Lipinski definition) is 1. The van der Waals surface area contributed by atoms with Gasteiger partial charge in [0.25, 0.3) is 5.69 Å². The molecule has 0 unspecified atom stereocenters. The molecule has 84 valence electrons. The van der Waals surface area contributed by atoms with Crippen LogP contribution in [-0.4, -0.2) is 30.2 Å². The Bertz CT molecular complexity index is 439. The van der Waals surface area contributed by atoms with E-state index in [0.29, 0.717) is 12.2 Å². The maximum Gasteiger partial charge on any atom is 0.287 e. The number of nitriles is 1. The number of nitro groups is 1. The summed E-state index contributed by atoms with van der Waals surface area (Å²) in [6, 6.07) is 6.07. The number of likely N-dealkylation sites (N-methyl/N-ethyl adjacent to an activating group) is 1. The number of rotatable bonds is 4. The number of nitro benzene ring substituents is 1. The molecule has 6 nitrogen and oxygen atoms in total. The lowest BCUT2D eigenvalue weighted by molar-refractivity contribution is -0.385. The van der Waals surface area contributed by atoms with Crippen LogP contribution >= 0.6 is 0 Å². The van der Waals surface area contributed by atoms with Crippen molar-refractivity contribution in [2.24, 2.45) is 0 Å². The fourth-order valence-electron chi connectivity index (χ4n) is 1.29. The Kier molecular flexibility index (Phi) is 3.80. The fourth-order valence-corrected chi connectivity index (χ4v) is 1.29.